The first-order valence-corrected chi connectivity index (χ1v) is 11.3. The van der Waals surface area contributed by atoms with Crippen LogP contribution in [0.4, 0.5) is 4.79 Å². The zero-order valence-electron chi connectivity index (χ0n) is 18.3. The SMILES string of the molecule is CC(C)(C)OC(=O)N1CCN(CCCNC(=O)c2cnn(-c3ccc(Br)cc3)c2)CC1. The van der Waals surface area contributed by atoms with Crippen LogP contribution >= 0.6 is 15.9 Å². The lowest BCUT2D eigenvalue weighted by Crippen LogP contribution is -2.50. The zero-order valence-corrected chi connectivity index (χ0v) is 19.9. The zero-order chi connectivity index (χ0) is 22.4. The van der Waals surface area contributed by atoms with Crippen LogP contribution < -0.4 is 5.32 Å². The molecule has 1 N–H and O–H groups in total. The summed E-state index contributed by atoms with van der Waals surface area (Å²) in [4.78, 5) is 28.6. The van der Waals surface area contributed by atoms with Gasteiger partial charge in [0.2, 0.25) is 0 Å². The van der Waals surface area contributed by atoms with E-state index in [2.05, 4.69) is 31.2 Å². The molecule has 1 aromatic heterocycles. The van der Waals surface area contributed by atoms with Gasteiger partial charge in [-0.2, -0.15) is 5.10 Å². The Labute approximate surface area is 191 Å². The summed E-state index contributed by atoms with van der Waals surface area (Å²) in [6.45, 7) is 10.0. The van der Waals surface area contributed by atoms with E-state index in [-0.39, 0.29) is 12.0 Å². The molecule has 0 unspecified atom stereocenters. The van der Waals surface area contributed by atoms with Crippen LogP contribution in [0.2, 0.25) is 0 Å². The summed E-state index contributed by atoms with van der Waals surface area (Å²) in [5.41, 5.74) is 0.961. The Bertz CT molecular complexity index is 883. The summed E-state index contributed by atoms with van der Waals surface area (Å²) in [7, 11) is 0. The number of rotatable bonds is 6. The normalized spacial score (nSPS) is 15.0. The van der Waals surface area contributed by atoms with Crippen molar-refractivity contribution in [2.24, 2.45) is 0 Å². The first-order chi connectivity index (χ1) is 14.7. The number of piperazine rings is 1. The topological polar surface area (TPSA) is 79.7 Å². The minimum absolute atomic E-state index is 0.127. The van der Waals surface area contributed by atoms with Gasteiger partial charge < -0.3 is 15.0 Å². The smallest absolute Gasteiger partial charge is 0.410 e. The van der Waals surface area contributed by atoms with Gasteiger partial charge in [0.05, 0.1) is 17.4 Å². The molecule has 0 radical (unpaired) electrons. The fraction of sp³-hybridized carbons (Fsp3) is 0.500. The van der Waals surface area contributed by atoms with Crippen LogP contribution in [0, 0.1) is 0 Å². The predicted molar refractivity (Wildman–Crippen MR) is 122 cm³/mol. The van der Waals surface area contributed by atoms with Crippen molar-refractivity contribution in [2.45, 2.75) is 32.8 Å². The van der Waals surface area contributed by atoms with E-state index in [1.165, 1.54) is 0 Å². The number of nitrogens with one attached hydrogen (secondary N) is 1. The van der Waals surface area contributed by atoms with Crippen LogP contribution in [0.5, 0.6) is 0 Å². The Balaban J connectivity index is 1.36. The summed E-state index contributed by atoms with van der Waals surface area (Å²) in [5.74, 6) is -0.127. The Morgan fingerprint density at radius 3 is 2.45 bits per heavy atom. The molecule has 2 heterocycles. The van der Waals surface area contributed by atoms with E-state index in [9.17, 15) is 9.59 Å². The number of benzene rings is 1. The Hall–Kier alpha value is -2.39. The number of amides is 2. The molecule has 1 saturated heterocycles. The van der Waals surface area contributed by atoms with E-state index in [0.717, 1.165) is 36.2 Å². The molecule has 31 heavy (non-hydrogen) atoms. The van der Waals surface area contributed by atoms with Crippen molar-refractivity contribution >= 4 is 27.9 Å². The Morgan fingerprint density at radius 1 is 1.13 bits per heavy atom. The highest BCUT2D eigenvalue weighted by Crippen LogP contribution is 2.14. The molecule has 2 aromatic rings. The van der Waals surface area contributed by atoms with Gasteiger partial charge in [-0.25, -0.2) is 9.48 Å². The number of hydrogen-bond acceptors (Lipinski definition) is 5. The number of aromatic nitrogens is 2. The number of nitrogens with zero attached hydrogens (tertiary/aromatic N) is 4. The molecule has 0 bridgehead atoms. The highest BCUT2D eigenvalue weighted by Gasteiger charge is 2.25. The predicted octanol–water partition coefficient (Wildman–Crippen LogP) is 3.31. The lowest BCUT2D eigenvalue weighted by molar-refractivity contribution is 0.0144. The Kier molecular flexibility index (Phi) is 7.72. The third-order valence-electron chi connectivity index (χ3n) is 4.90. The van der Waals surface area contributed by atoms with Gasteiger partial charge >= 0.3 is 6.09 Å². The van der Waals surface area contributed by atoms with Gasteiger partial charge in [0, 0.05) is 43.4 Å². The Morgan fingerprint density at radius 2 is 1.81 bits per heavy atom. The van der Waals surface area contributed by atoms with E-state index in [1.807, 2.05) is 45.0 Å². The number of halogens is 1. The van der Waals surface area contributed by atoms with Crippen molar-refractivity contribution in [3.05, 3.63) is 46.7 Å². The minimum atomic E-state index is -0.471. The molecule has 0 aliphatic carbocycles. The highest BCUT2D eigenvalue weighted by atomic mass is 79.9. The second kappa shape index (κ2) is 10.3. The van der Waals surface area contributed by atoms with E-state index >= 15 is 0 Å². The molecule has 1 aromatic carbocycles. The number of carbonyl (C=O) groups is 2. The molecule has 1 aliphatic heterocycles. The lowest BCUT2D eigenvalue weighted by Gasteiger charge is -2.35. The van der Waals surface area contributed by atoms with Gasteiger partial charge in [0.15, 0.2) is 0 Å². The summed E-state index contributed by atoms with van der Waals surface area (Å²) >= 11 is 3.41. The highest BCUT2D eigenvalue weighted by molar-refractivity contribution is 9.10. The third-order valence-corrected chi connectivity index (χ3v) is 5.43. The fourth-order valence-electron chi connectivity index (χ4n) is 3.26. The molecular formula is C22H30BrN5O3. The van der Waals surface area contributed by atoms with Crippen molar-refractivity contribution in [2.75, 3.05) is 39.3 Å². The summed E-state index contributed by atoms with van der Waals surface area (Å²) in [6.07, 6.45) is 3.91. The van der Waals surface area contributed by atoms with Gasteiger partial charge in [0.1, 0.15) is 5.60 Å². The molecule has 1 fully saturated rings. The van der Waals surface area contributed by atoms with Gasteiger partial charge in [-0.3, -0.25) is 9.69 Å². The number of hydrogen-bond donors (Lipinski definition) is 1. The van der Waals surface area contributed by atoms with Crippen molar-refractivity contribution in [3.8, 4) is 5.69 Å². The molecule has 8 nitrogen and oxygen atoms in total. The minimum Gasteiger partial charge on any atom is -0.444 e. The maximum absolute atomic E-state index is 12.4. The van der Waals surface area contributed by atoms with Crippen molar-refractivity contribution in [3.63, 3.8) is 0 Å². The summed E-state index contributed by atoms with van der Waals surface area (Å²) in [5, 5.41) is 7.23. The van der Waals surface area contributed by atoms with Crippen LogP contribution in [-0.2, 0) is 4.74 Å². The largest absolute Gasteiger partial charge is 0.444 e. The van der Waals surface area contributed by atoms with Crippen LogP contribution in [0.25, 0.3) is 5.69 Å². The number of carbonyl (C=O) groups excluding carboxylic acids is 2. The van der Waals surface area contributed by atoms with Gasteiger partial charge in [-0.05, 0) is 58.0 Å². The monoisotopic (exact) mass is 491 g/mol. The number of ether oxygens (including phenoxy) is 1. The second-order valence-corrected chi connectivity index (χ2v) is 9.48. The molecule has 0 saturated carbocycles. The average Bonchev–Trinajstić information content (AvgIpc) is 3.21. The quantitative estimate of drug-likeness (QED) is 0.627. The molecule has 0 spiro atoms. The van der Waals surface area contributed by atoms with Crippen LogP contribution in [0.1, 0.15) is 37.6 Å². The molecule has 168 valence electrons. The third kappa shape index (κ3) is 7.07. The molecule has 3 rings (SSSR count). The lowest BCUT2D eigenvalue weighted by atomic mass is 10.2. The first-order valence-electron chi connectivity index (χ1n) is 10.5. The molecule has 1 aliphatic rings. The maximum Gasteiger partial charge on any atom is 0.410 e. The first kappa shape index (κ1) is 23.3. The van der Waals surface area contributed by atoms with Crippen LogP contribution in [0.3, 0.4) is 0 Å². The van der Waals surface area contributed by atoms with Crippen molar-refractivity contribution < 1.29 is 14.3 Å². The maximum atomic E-state index is 12.4. The standard InChI is InChI=1S/C22H30BrN5O3/c1-22(2,3)31-21(30)27-13-11-26(12-14-27)10-4-9-24-20(29)17-15-25-28(16-17)19-7-5-18(23)6-8-19/h5-8,15-16H,4,9-14H2,1-3H3,(H,24,29). The van der Waals surface area contributed by atoms with Gasteiger partial charge in [-0.1, -0.05) is 15.9 Å². The van der Waals surface area contributed by atoms with Crippen LogP contribution in [-0.4, -0.2) is 76.5 Å². The molecular weight excluding hydrogens is 462 g/mol. The molecule has 0 atom stereocenters. The van der Waals surface area contributed by atoms with Crippen LogP contribution in [0.15, 0.2) is 41.1 Å². The van der Waals surface area contributed by atoms with Gasteiger partial charge in [0.25, 0.3) is 5.91 Å². The fourth-order valence-corrected chi connectivity index (χ4v) is 3.53. The van der Waals surface area contributed by atoms with Crippen molar-refractivity contribution in [1.29, 1.82) is 0 Å². The van der Waals surface area contributed by atoms with E-state index < -0.39 is 5.60 Å². The molecule has 9 heteroatoms. The van der Waals surface area contributed by atoms with E-state index in [0.29, 0.717) is 25.2 Å². The average molecular weight is 492 g/mol. The van der Waals surface area contributed by atoms with Crippen molar-refractivity contribution in [1.82, 2.24) is 24.9 Å². The van der Waals surface area contributed by atoms with E-state index in [4.69, 9.17) is 4.74 Å². The second-order valence-electron chi connectivity index (χ2n) is 8.57. The summed E-state index contributed by atoms with van der Waals surface area (Å²) in [6, 6.07) is 7.73. The van der Waals surface area contributed by atoms with Gasteiger partial charge in [-0.15, -0.1) is 0 Å². The molecule has 2 amide bonds. The summed E-state index contributed by atoms with van der Waals surface area (Å²) < 4.78 is 8.11. The van der Waals surface area contributed by atoms with E-state index in [1.54, 1.807) is 22.0 Å².